The van der Waals surface area contributed by atoms with E-state index in [4.69, 9.17) is 4.74 Å². The molecule has 0 fully saturated rings. The second-order valence-corrected chi connectivity index (χ2v) is 10.9. The summed E-state index contributed by atoms with van der Waals surface area (Å²) in [7, 11) is -3.43. The number of ether oxygens (including phenoxy) is 1. The molecule has 2 heterocycles. The van der Waals surface area contributed by atoms with Crippen LogP contribution in [0.3, 0.4) is 0 Å². The first-order valence-electron chi connectivity index (χ1n) is 11.3. The summed E-state index contributed by atoms with van der Waals surface area (Å²) >= 11 is 0. The Morgan fingerprint density at radius 1 is 1.16 bits per heavy atom. The number of benzene rings is 3. The molecule has 192 valence electrons. The maximum absolute atomic E-state index is 15.2. The molecule has 0 aliphatic carbocycles. The molecule has 1 aliphatic heterocycles. The van der Waals surface area contributed by atoms with Gasteiger partial charge in [-0.2, -0.15) is 8.78 Å². The number of hydrogen-bond donors (Lipinski definition) is 1. The highest BCUT2D eigenvalue weighted by Gasteiger charge is 2.38. The quantitative estimate of drug-likeness (QED) is 0.344. The van der Waals surface area contributed by atoms with Crippen LogP contribution < -0.4 is 4.74 Å². The largest absolute Gasteiger partial charge is 0.481 e. The van der Waals surface area contributed by atoms with Crippen LogP contribution >= 0.6 is 0 Å². The van der Waals surface area contributed by atoms with Crippen LogP contribution in [-0.2, 0) is 14.6 Å². The highest BCUT2D eigenvalue weighted by molar-refractivity contribution is 7.90. The zero-order valence-corrected chi connectivity index (χ0v) is 20.3. The van der Waals surface area contributed by atoms with Crippen LogP contribution in [0.4, 0.5) is 13.2 Å². The van der Waals surface area contributed by atoms with Crippen LogP contribution in [0.5, 0.6) is 5.75 Å². The van der Waals surface area contributed by atoms with E-state index in [1.807, 2.05) is 0 Å². The number of carbonyl (C=O) groups is 1. The van der Waals surface area contributed by atoms with E-state index in [1.54, 1.807) is 28.8 Å². The molecular weight excluding hydrogens is 509 g/mol. The van der Waals surface area contributed by atoms with Crippen molar-refractivity contribution in [1.29, 1.82) is 0 Å². The fourth-order valence-electron chi connectivity index (χ4n) is 4.94. The average molecular weight is 531 g/mol. The summed E-state index contributed by atoms with van der Waals surface area (Å²) in [6.45, 7) is -3.05. The Hall–Kier alpha value is -3.86. The number of nitrogens with zero attached hydrogens (tertiary/aromatic N) is 2. The van der Waals surface area contributed by atoms with Gasteiger partial charge in [0.1, 0.15) is 17.4 Å². The Bertz CT molecular complexity index is 1620. The zero-order chi connectivity index (χ0) is 26.5. The number of rotatable bonds is 7. The van der Waals surface area contributed by atoms with E-state index in [9.17, 15) is 27.1 Å². The molecule has 5 rings (SSSR count). The molecule has 1 aliphatic rings. The number of sulfone groups is 1. The number of aromatic nitrogens is 2. The van der Waals surface area contributed by atoms with E-state index < -0.39 is 40.2 Å². The van der Waals surface area contributed by atoms with Gasteiger partial charge in [-0.3, -0.25) is 4.79 Å². The number of fused-ring (bicyclic) bond motifs is 3. The molecule has 3 aromatic carbocycles. The summed E-state index contributed by atoms with van der Waals surface area (Å²) < 4.78 is 71.5. The van der Waals surface area contributed by atoms with E-state index in [-0.39, 0.29) is 34.6 Å². The molecule has 0 radical (unpaired) electrons. The Balaban J connectivity index is 1.68. The summed E-state index contributed by atoms with van der Waals surface area (Å²) in [6, 6.07) is 14.3. The molecule has 1 aromatic heterocycles. The molecule has 1 N–H and O–H groups in total. The number of imidazole rings is 1. The standard InChI is InChI=1S/C26H21F3N2O5S/c1-37(34,35)16-8-6-14(7-9-16)18-12-22-20(13-19(18)27)30-25-15(11-24(32)33)10-21(31(22)25)17-4-2-3-5-23(17)36-26(28)29/h2-9,12-13,15,21,26H,10-11H2,1H3,(H,32,33). The summed E-state index contributed by atoms with van der Waals surface area (Å²) in [5, 5.41) is 9.46. The van der Waals surface area contributed by atoms with Gasteiger partial charge >= 0.3 is 12.6 Å². The maximum Gasteiger partial charge on any atom is 0.387 e. The third kappa shape index (κ3) is 4.66. The Morgan fingerprint density at radius 2 is 1.86 bits per heavy atom. The molecule has 11 heteroatoms. The van der Waals surface area contributed by atoms with Crippen molar-refractivity contribution < 1.29 is 36.2 Å². The highest BCUT2D eigenvalue weighted by Crippen LogP contribution is 2.47. The Kier molecular flexibility index (Phi) is 6.18. The maximum atomic E-state index is 15.2. The van der Waals surface area contributed by atoms with E-state index in [0.29, 0.717) is 22.5 Å². The molecule has 0 saturated carbocycles. The molecule has 2 unspecified atom stereocenters. The SMILES string of the molecule is CS(=O)(=O)c1ccc(-c2cc3c(cc2F)nc2n3C(c3ccccc3OC(F)F)CC2CC(=O)O)cc1. The van der Waals surface area contributed by atoms with E-state index in [0.717, 1.165) is 6.26 Å². The first-order chi connectivity index (χ1) is 17.5. The third-order valence-electron chi connectivity index (χ3n) is 6.50. The van der Waals surface area contributed by atoms with Gasteiger partial charge in [0.25, 0.3) is 0 Å². The van der Waals surface area contributed by atoms with Gasteiger partial charge in [-0.1, -0.05) is 30.3 Å². The molecule has 2 atom stereocenters. The number of carboxylic acids is 1. The second kappa shape index (κ2) is 9.22. The van der Waals surface area contributed by atoms with Gasteiger partial charge in [-0.05, 0) is 36.2 Å². The minimum atomic E-state index is -3.43. The fraction of sp³-hybridized carbons (Fsp3) is 0.231. The average Bonchev–Trinajstić information content (AvgIpc) is 3.35. The number of aliphatic carboxylic acids is 1. The lowest BCUT2D eigenvalue weighted by Crippen LogP contribution is -2.10. The molecule has 0 amide bonds. The smallest absolute Gasteiger partial charge is 0.387 e. The van der Waals surface area contributed by atoms with Gasteiger partial charge < -0.3 is 14.4 Å². The van der Waals surface area contributed by atoms with Gasteiger partial charge in [0.05, 0.1) is 28.4 Å². The number of alkyl halides is 2. The minimum absolute atomic E-state index is 0.0371. The number of hydrogen-bond acceptors (Lipinski definition) is 5. The second-order valence-electron chi connectivity index (χ2n) is 8.92. The topological polar surface area (TPSA) is 98.5 Å². The molecule has 0 bridgehead atoms. The van der Waals surface area contributed by atoms with E-state index in [2.05, 4.69) is 4.98 Å². The highest BCUT2D eigenvalue weighted by atomic mass is 32.2. The van der Waals surface area contributed by atoms with Crippen LogP contribution in [-0.4, -0.2) is 41.9 Å². The molecule has 37 heavy (non-hydrogen) atoms. The molecule has 7 nitrogen and oxygen atoms in total. The summed E-state index contributed by atoms with van der Waals surface area (Å²) in [6.07, 6.45) is 1.12. The Labute approximate surface area is 210 Å². The van der Waals surface area contributed by atoms with Crippen molar-refractivity contribution in [2.24, 2.45) is 0 Å². The Morgan fingerprint density at radius 3 is 2.51 bits per heavy atom. The van der Waals surface area contributed by atoms with E-state index in [1.165, 1.54) is 36.4 Å². The first kappa shape index (κ1) is 24.8. The van der Waals surface area contributed by atoms with Gasteiger partial charge in [0.15, 0.2) is 9.84 Å². The lowest BCUT2D eigenvalue weighted by Gasteiger charge is -2.19. The van der Waals surface area contributed by atoms with Gasteiger partial charge in [0.2, 0.25) is 0 Å². The summed E-state index contributed by atoms with van der Waals surface area (Å²) in [5.41, 5.74) is 1.83. The predicted molar refractivity (Wildman–Crippen MR) is 129 cm³/mol. The van der Waals surface area contributed by atoms with Crippen molar-refractivity contribution in [1.82, 2.24) is 9.55 Å². The fourth-order valence-corrected chi connectivity index (χ4v) is 5.57. The normalized spacial score (nSPS) is 17.3. The molecular formula is C26H21F3N2O5S. The zero-order valence-electron chi connectivity index (χ0n) is 19.4. The molecule has 0 spiro atoms. The first-order valence-corrected chi connectivity index (χ1v) is 13.2. The van der Waals surface area contributed by atoms with E-state index >= 15 is 4.39 Å². The van der Waals surface area contributed by atoms with Crippen LogP contribution in [0.15, 0.2) is 65.6 Å². The van der Waals surface area contributed by atoms with Crippen molar-refractivity contribution in [2.45, 2.75) is 36.3 Å². The van der Waals surface area contributed by atoms with Crippen molar-refractivity contribution in [2.75, 3.05) is 6.26 Å². The lowest BCUT2D eigenvalue weighted by atomic mass is 9.95. The third-order valence-corrected chi connectivity index (χ3v) is 7.63. The van der Waals surface area contributed by atoms with Gasteiger partial charge in [-0.25, -0.2) is 17.8 Å². The van der Waals surface area contributed by atoms with Crippen LogP contribution in [0.2, 0.25) is 0 Å². The van der Waals surface area contributed by atoms with Gasteiger partial charge in [0, 0.05) is 29.4 Å². The summed E-state index contributed by atoms with van der Waals surface area (Å²) in [5.74, 6) is -1.79. The number of carboxylic acid groups (broad SMARTS) is 1. The lowest BCUT2D eigenvalue weighted by molar-refractivity contribution is -0.137. The number of halogens is 3. The molecule has 0 saturated heterocycles. The van der Waals surface area contributed by atoms with Crippen LogP contribution in [0.1, 0.15) is 36.2 Å². The van der Waals surface area contributed by atoms with Crippen molar-refractivity contribution >= 4 is 26.8 Å². The van der Waals surface area contributed by atoms with Crippen molar-refractivity contribution in [3.63, 3.8) is 0 Å². The van der Waals surface area contributed by atoms with Crippen molar-refractivity contribution in [3.05, 3.63) is 77.9 Å². The summed E-state index contributed by atoms with van der Waals surface area (Å²) in [4.78, 5) is 16.2. The van der Waals surface area contributed by atoms with Crippen LogP contribution in [0.25, 0.3) is 22.2 Å². The number of para-hydroxylation sites is 1. The monoisotopic (exact) mass is 530 g/mol. The van der Waals surface area contributed by atoms with Gasteiger partial charge in [-0.15, -0.1) is 0 Å². The minimum Gasteiger partial charge on any atom is -0.481 e. The van der Waals surface area contributed by atoms with Crippen molar-refractivity contribution in [3.8, 4) is 16.9 Å². The van der Waals surface area contributed by atoms with Crippen LogP contribution in [0, 0.1) is 5.82 Å². The predicted octanol–water partition coefficient (Wildman–Crippen LogP) is 5.40. The molecule has 4 aromatic rings.